The molecule has 0 saturated heterocycles. The number of carbonyl (C=O) groups excluding carboxylic acids is 2. The van der Waals surface area contributed by atoms with Crippen molar-refractivity contribution in [3.63, 3.8) is 0 Å². The Morgan fingerprint density at radius 1 is 0.897 bits per heavy atom. The molecule has 0 aliphatic carbocycles. The van der Waals surface area contributed by atoms with E-state index in [-0.39, 0.29) is 19.6 Å². The Balaban J connectivity index is 2.26. The molecule has 0 aliphatic heterocycles. The summed E-state index contributed by atoms with van der Waals surface area (Å²) in [4.78, 5) is 23.0. The number of benzene rings is 1. The number of hydrogen-bond acceptors (Lipinski definition) is 5. The fourth-order valence-corrected chi connectivity index (χ4v) is 3.16. The van der Waals surface area contributed by atoms with E-state index in [1.54, 1.807) is 6.92 Å². The fourth-order valence-electron chi connectivity index (χ4n) is 3.16. The summed E-state index contributed by atoms with van der Waals surface area (Å²) >= 11 is 0. The topological polar surface area (TPSA) is 61.8 Å². The number of carbonyl (C=O) groups is 2. The van der Waals surface area contributed by atoms with E-state index in [1.165, 1.54) is 63.9 Å². The average Bonchev–Trinajstić information content (AvgIpc) is 2.70. The highest BCUT2D eigenvalue weighted by molar-refractivity contribution is 5.78. The molecule has 0 fully saturated rings. The lowest BCUT2D eigenvalue weighted by Gasteiger charge is -2.16. The number of esters is 2. The van der Waals surface area contributed by atoms with Gasteiger partial charge in [-0.25, -0.2) is 4.79 Å². The maximum atomic E-state index is 11.8. The quantitative estimate of drug-likeness (QED) is 0.263. The van der Waals surface area contributed by atoms with Crippen molar-refractivity contribution in [3.05, 3.63) is 29.8 Å². The summed E-state index contributed by atoms with van der Waals surface area (Å²) in [5.41, 5.74) is 1.31. The Labute approximate surface area is 176 Å². The molecule has 5 heteroatoms. The van der Waals surface area contributed by atoms with Crippen molar-refractivity contribution in [2.75, 3.05) is 13.2 Å². The van der Waals surface area contributed by atoms with E-state index in [0.717, 1.165) is 12.2 Å². The maximum Gasteiger partial charge on any atom is 0.347 e. The minimum absolute atomic E-state index is 0.248. The molecule has 0 unspecified atom stereocenters. The zero-order chi connectivity index (χ0) is 21.3. The zero-order valence-corrected chi connectivity index (χ0v) is 18.4. The molecule has 0 aromatic heterocycles. The first-order valence-corrected chi connectivity index (χ1v) is 11.1. The highest BCUT2D eigenvalue weighted by Gasteiger charge is 2.22. The molecule has 1 rings (SSSR count). The van der Waals surface area contributed by atoms with Crippen LogP contribution < -0.4 is 4.74 Å². The lowest BCUT2D eigenvalue weighted by atomic mass is 10.0. The van der Waals surface area contributed by atoms with E-state index in [4.69, 9.17) is 14.2 Å². The van der Waals surface area contributed by atoms with Crippen LogP contribution in [-0.4, -0.2) is 31.3 Å². The predicted molar refractivity (Wildman–Crippen MR) is 115 cm³/mol. The molecule has 0 aliphatic rings. The Morgan fingerprint density at radius 3 is 2.10 bits per heavy atom. The molecule has 0 bridgehead atoms. The van der Waals surface area contributed by atoms with Crippen LogP contribution >= 0.6 is 0 Å². The van der Waals surface area contributed by atoms with Gasteiger partial charge in [-0.05, 0) is 37.5 Å². The van der Waals surface area contributed by atoms with Crippen molar-refractivity contribution in [2.24, 2.45) is 0 Å². The van der Waals surface area contributed by atoms with Crippen LogP contribution in [0.15, 0.2) is 24.3 Å². The molecule has 0 saturated carbocycles. The van der Waals surface area contributed by atoms with Crippen LogP contribution in [0.25, 0.3) is 0 Å². The smallest absolute Gasteiger partial charge is 0.347 e. The first-order chi connectivity index (χ1) is 14.1. The van der Waals surface area contributed by atoms with Gasteiger partial charge in [-0.2, -0.15) is 0 Å². The third-order valence-electron chi connectivity index (χ3n) is 4.75. The third kappa shape index (κ3) is 12.2. The molecule has 0 amide bonds. The van der Waals surface area contributed by atoms with Crippen LogP contribution in [0.3, 0.4) is 0 Å². The number of aryl methyl sites for hydroxylation is 1. The summed E-state index contributed by atoms with van der Waals surface area (Å²) < 4.78 is 15.6. The lowest BCUT2D eigenvalue weighted by Crippen LogP contribution is -2.30. The minimum Gasteiger partial charge on any atom is -0.493 e. The second-order valence-electron chi connectivity index (χ2n) is 7.36. The summed E-state index contributed by atoms with van der Waals surface area (Å²) in [5.74, 6) is -0.296. The van der Waals surface area contributed by atoms with Gasteiger partial charge in [-0.3, -0.25) is 4.79 Å². The molecule has 5 nitrogen and oxygen atoms in total. The van der Waals surface area contributed by atoms with E-state index in [1.807, 2.05) is 12.1 Å². The zero-order valence-electron chi connectivity index (χ0n) is 18.4. The summed E-state index contributed by atoms with van der Waals surface area (Å²) in [5, 5.41) is 0. The highest BCUT2D eigenvalue weighted by Crippen LogP contribution is 2.16. The second kappa shape index (κ2) is 15.8. The first-order valence-electron chi connectivity index (χ1n) is 11.1. The largest absolute Gasteiger partial charge is 0.493 e. The van der Waals surface area contributed by atoms with Gasteiger partial charge in [0.05, 0.1) is 13.2 Å². The van der Waals surface area contributed by atoms with E-state index < -0.39 is 18.0 Å². The summed E-state index contributed by atoms with van der Waals surface area (Å²) in [6.45, 7) is 5.76. The van der Waals surface area contributed by atoms with Crippen LogP contribution in [0.4, 0.5) is 0 Å². The van der Waals surface area contributed by atoms with Crippen LogP contribution in [0, 0.1) is 0 Å². The highest BCUT2D eigenvalue weighted by atomic mass is 16.6. The Kier molecular flexibility index (Phi) is 13.6. The van der Waals surface area contributed by atoms with E-state index in [9.17, 15) is 9.59 Å². The van der Waals surface area contributed by atoms with Crippen molar-refractivity contribution in [1.29, 1.82) is 0 Å². The molecular formula is C24H38O5. The Bertz CT molecular complexity index is 567. The van der Waals surface area contributed by atoms with Crippen LogP contribution in [0.1, 0.15) is 84.1 Å². The van der Waals surface area contributed by atoms with Crippen LogP contribution in [0.5, 0.6) is 5.75 Å². The van der Waals surface area contributed by atoms with Gasteiger partial charge in [0.1, 0.15) is 5.75 Å². The van der Waals surface area contributed by atoms with Crippen LogP contribution in [0.2, 0.25) is 0 Å². The fraction of sp³-hybridized carbons (Fsp3) is 0.667. The van der Waals surface area contributed by atoms with Crippen molar-refractivity contribution in [1.82, 2.24) is 0 Å². The van der Waals surface area contributed by atoms with Crippen molar-refractivity contribution in [3.8, 4) is 5.75 Å². The molecule has 1 atom stereocenters. The maximum absolute atomic E-state index is 11.8. The van der Waals surface area contributed by atoms with Crippen molar-refractivity contribution in [2.45, 2.75) is 91.1 Å². The van der Waals surface area contributed by atoms with Crippen molar-refractivity contribution < 1.29 is 23.8 Å². The molecular weight excluding hydrogens is 368 g/mol. The lowest BCUT2D eigenvalue weighted by molar-refractivity contribution is -0.167. The number of rotatable bonds is 16. The van der Waals surface area contributed by atoms with Crippen molar-refractivity contribution >= 4 is 11.9 Å². The second-order valence-corrected chi connectivity index (χ2v) is 7.36. The summed E-state index contributed by atoms with van der Waals surface area (Å²) in [6.07, 6.45) is 11.0. The monoisotopic (exact) mass is 406 g/mol. The van der Waals surface area contributed by atoms with E-state index >= 15 is 0 Å². The molecule has 0 spiro atoms. The van der Waals surface area contributed by atoms with Gasteiger partial charge in [-0.1, -0.05) is 64.0 Å². The van der Waals surface area contributed by atoms with E-state index in [0.29, 0.717) is 0 Å². The van der Waals surface area contributed by atoms with E-state index in [2.05, 4.69) is 19.1 Å². The molecule has 164 valence electrons. The van der Waals surface area contributed by atoms with Gasteiger partial charge < -0.3 is 14.2 Å². The van der Waals surface area contributed by atoms with Gasteiger partial charge in [0.15, 0.2) is 0 Å². The normalized spacial score (nSPS) is 11.7. The van der Waals surface area contributed by atoms with Gasteiger partial charge in [0.25, 0.3) is 0 Å². The molecule has 0 heterocycles. The molecule has 29 heavy (non-hydrogen) atoms. The Hall–Kier alpha value is -2.04. The van der Waals surface area contributed by atoms with Gasteiger partial charge in [0, 0.05) is 13.3 Å². The summed E-state index contributed by atoms with van der Waals surface area (Å²) in [7, 11) is 0. The number of unbranched alkanes of at least 4 members (excludes halogenated alkanes) is 7. The standard InChI is InChI=1S/C24H38O5/c1-4-6-7-8-9-10-11-12-13-21-14-16-22(17-15-21)28-19-18-23(29-20(3)25)24(26)27-5-2/h14-17,23H,4-13,18-19H2,1-3H3/t23-/m0/s1. The average molecular weight is 407 g/mol. The molecule has 1 aromatic carbocycles. The number of ether oxygens (including phenoxy) is 3. The van der Waals surface area contributed by atoms with Gasteiger partial charge in [0.2, 0.25) is 6.10 Å². The molecule has 0 radical (unpaired) electrons. The first kappa shape index (κ1) is 25.0. The summed E-state index contributed by atoms with van der Waals surface area (Å²) in [6, 6.07) is 8.08. The predicted octanol–water partition coefficient (Wildman–Crippen LogP) is 5.63. The molecule has 0 N–H and O–H groups in total. The van der Waals surface area contributed by atoms with Gasteiger partial charge >= 0.3 is 11.9 Å². The minimum atomic E-state index is -0.923. The Morgan fingerprint density at radius 2 is 1.52 bits per heavy atom. The molecule has 1 aromatic rings. The van der Waals surface area contributed by atoms with Gasteiger partial charge in [-0.15, -0.1) is 0 Å². The van der Waals surface area contributed by atoms with Crippen LogP contribution in [-0.2, 0) is 25.5 Å². The number of hydrogen-bond donors (Lipinski definition) is 0. The SMILES string of the molecule is CCCCCCCCCCc1ccc(OCC[C@H](OC(C)=O)C(=O)OCC)cc1. The third-order valence-corrected chi connectivity index (χ3v) is 4.75.